The molecule has 5 nitrogen and oxygen atoms in total. The fourth-order valence-electron chi connectivity index (χ4n) is 2.49. The van der Waals surface area contributed by atoms with Crippen LogP contribution in [0.25, 0.3) is 0 Å². The topological polar surface area (TPSA) is 76.3 Å². The Balaban J connectivity index is 2.47. The molecule has 1 fully saturated rings. The van der Waals surface area contributed by atoms with Crippen LogP contribution in [0.2, 0.25) is 0 Å². The summed E-state index contributed by atoms with van der Waals surface area (Å²) < 4.78 is 28.3. The number of nitrogen functional groups attached to an aromatic ring is 1. The highest BCUT2D eigenvalue weighted by molar-refractivity contribution is 7.91. The van der Waals surface area contributed by atoms with Gasteiger partial charge in [-0.25, -0.2) is 8.42 Å². The fourth-order valence-corrected chi connectivity index (χ4v) is 4.90. The Morgan fingerprint density at radius 2 is 2.17 bits per heavy atom. The van der Waals surface area contributed by atoms with E-state index in [1.54, 1.807) is 6.92 Å². The maximum Gasteiger partial charge on any atom is 0.184 e. The maximum absolute atomic E-state index is 12.1. The Labute approximate surface area is 112 Å². The van der Waals surface area contributed by atoms with Gasteiger partial charge in [0.05, 0.1) is 5.75 Å². The fraction of sp³-hybridized carbons (Fsp3) is 0.727. The van der Waals surface area contributed by atoms with E-state index in [4.69, 9.17) is 5.73 Å². The van der Waals surface area contributed by atoms with Crippen LogP contribution in [0.4, 0.5) is 10.8 Å². The minimum Gasteiger partial charge on any atom is -0.382 e. The van der Waals surface area contributed by atoms with Crippen LogP contribution in [-0.2, 0) is 9.84 Å². The number of hydrogen-bond acceptors (Lipinski definition) is 6. The van der Waals surface area contributed by atoms with Gasteiger partial charge in [0.25, 0.3) is 0 Å². The van der Waals surface area contributed by atoms with Gasteiger partial charge in [-0.3, -0.25) is 0 Å². The van der Waals surface area contributed by atoms with Gasteiger partial charge < -0.3 is 10.6 Å². The van der Waals surface area contributed by atoms with E-state index < -0.39 is 9.84 Å². The summed E-state index contributed by atoms with van der Waals surface area (Å²) in [5, 5.41) is 0.714. The van der Waals surface area contributed by atoms with Gasteiger partial charge in [-0.1, -0.05) is 13.8 Å². The second-order valence-corrected chi connectivity index (χ2v) is 7.91. The van der Waals surface area contributed by atoms with Crippen molar-refractivity contribution in [3.8, 4) is 0 Å². The molecule has 0 saturated carbocycles. The van der Waals surface area contributed by atoms with Crippen LogP contribution < -0.4 is 10.6 Å². The van der Waals surface area contributed by atoms with Gasteiger partial charge >= 0.3 is 0 Å². The summed E-state index contributed by atoms with van der Waals surface area (Å²) in [6.07, 6.45) is 1.07. The van der Waals surface area contributed by atoms with E-state index in [0.717, 1.165) is 13.0 Å². The predicted octanol–water partition coefficient (Wildman–Crippen LogP) is 1.75. The molecule has 2 atom stereocenters. The summed E-state index contributed by atoms with van der Waals surface area (Å²) in [7, 11) is -3.31. The molecule has 0 radical (unpaired) electrons. The van der Waals surface area contributed by atoms with Crippen molar-refractivity contribution in [1.82, 2.24) is 4.37 Å². The molecule has 102 valence electrons. The van der Waals surface area contributed by atoms with Crippen molar-refractivity contribution in [2.24, 2.45) is 5.92 Å². The van der Waals surface area contributed by atoms with Gasteiger partial charge in [-0.2, -0.15) is 4.37 Å². The first kappa shape index (κ1) is 13.6. The minimum atomic E-state index is -3.31. The van der Waals surface area contributed by atoms with E-state index in [0.29, 0.717) is 17.0 Å². The van der Waals surface area contributed by atoms with Crippen molar-refractivity contribution < 1.29 is 8.42 Å². The van der Waals surface area contributed by atoms with Crippen LogP contribution in [0, 0.1) is 5.92 Å². The van der Waals surface area contributed by atoms with Gasteiger partial charge in [-0.05, 0) is 30.8 Å². The molecule has 18 heavy (non-hydrogen) atoms. The second-order valence-electron chi connectivity index (χ2n) is 4.95. The Kier molecular flexibility index (Phi) is 3.55. The van der Waals surface area contributed by atoms with Crippen LogP contribution in [0.15, 0.2) is 4.90 Å². The molecule has 1 aromatic heterocycles. The molecule has 2 unspecified atom stereocenters. The van der Waals surface area contributed by atoms with E-state index in [1.165, 1.54) is 11.5 Å². The summed E-state index contributed by atoms with van der Waals surface area (Å²) >= 11 is 1.19. The number of aromatic nitrogens is 1. The second kappa shape index (κ2) is 4.70. The molecule has 1 saturated heterocycles. The van der Waals surface area contributed by atoms with E-state index in [2.05, 4.69) is 23.1 Å². The molecule has 0 amide bonds. The third kappa shape index (κ3) is 2.21. The molecular weight excluding hydrogens is 270 g/mol. The molecule has 0 aromatic carbocycles. The van der Waals surface area contributed by atoms with Gasteiger partial charge in [0, 0.05) is 12.6 Å². The van der Waals surface area contributed by atoms with Crippen LogP contribution in [0.1, 0.15) is 27.2 Å². The van der Waals surface area contributed by atoms with Crippen molar-refractivity contribution in [2.45, 2.75) is 38.1 Å². The van der Waals surface area contributed by atoms with E-state index in [-0.39, 0.29) is 16.5 Å². The summed E-state index contributed by atoms with van der Waals surface area (Å²) in [6.45, 7) is 6.79. The molecule has 2 N–H and O–H groups in total. The SMILES string of the molecule is CCS(=O)(=O)c1c(N)nsc1N1CC(C)CC1C. The number of anilines is 2. The first-order valence-electron chi connectivity index (χ1n) is 6.11. The molecule has 0 bridgehead atoms. The summed E-state index contributed by atoms with van der Waals surface area (Å²) in [5.74, 6) is 0.768. The van der Waals surface area contributed by atoms with Crippen molar-refractivity contribution in [1.29, 1.82) is 0 Å². The van der Waals surface area contributed by atoms with Crippen molar-refractivity contribution in [3.63, 3.8) is 0 Å². The van der Waals surface area contributed by atoms with Crippen LogP contribution in [0.3, 0.4) is 0 Å². The van der Waals surface area contributed by atoms with E-state index in [9.17, 15) is 8.42 Å². The average Bonchev–Trinajstić information content (AvgIpc) is 2.82. The zero-order valence-corrected chi connectivity index (χ0v) is 12.5. The number of sulfone groups is 1. The number of nitrogens with zero attached hydrogens (tertiary/aromatic N) is 2. The summed E-state index contributed by atoms with van der Waals surface area (Å²) in [5.41, 5.74) is 5.74. The lowest BCUT2D eigenvalue weighted by molar-refractivity contribution is 0.597. The smallest absolute Gasteiger partial charge is 0.184 e. The number of rotatable bonds is 3. The predicted molar refractivity (Wildman–Crippen MR) is 74.8 cm³/mol. The molecule has 1 aromatic rings. The first-order valence-corrected chi connectivity index (χ1v) is 8.54. The van der Waals surface area contributed by atoms with Gasteiger partial charge in [-0.15, -0.1) is 0 Å². The van der Waals surface area contributed by atoms with Gasteiger partial charge in [0.1, 0.15) is 9.90 Å². The zero-order valence-electron chi connectivity index (χ0n) is 10.9. The number of hydrogen-bond donors (Lipinski definition) is 1. The Hall–Kier alpha value is -0.820. The normalized spacial score (nSPS) is 24.7. The first-order chi connectivity index (χ1) is 8.36. The molecule has 0 spiro atoms. The van der Waals surface area contributed by atoms with Crippen LogP contribution in [0.5, 0.6) is 0 Å². The lowest BCUT2D eigenvalue weighted by Crippen LogP contribution is -2.27. The molecule has 1 aliphatic heterocycles. The third-order valence-electron chi connectivity index (χ3n) is 3.39. The summed E-state index contributed by atoms with van der Waals surface area (Å²) in [4.78, 5) is 2.36. The average molecular weight is 289 g/mol. The highest BCUT2D eigenvalue weighted by Gasteiger charge is 2.33. The van der Waals surface area contributed by atoms with Crippen molar-refractivity contribution in [2.75, 3.05) is 22.9 Å². The molecule has 2 rings (SSSR count). The maximum atomic E-state index is 12.1. The monoisotopic (exact) mass is 289 g/mol. The highest BCUT2D eigenvalue weighted by Crippen LogP contribution is 2.39. The molecule has 1 aliphatic rings. The highest BCUT2D eigenvalue weighted by atomic mass is 32.2. The van der Waals surface area contributed by atoms with Gasteiger partial charge in [0.2, 0.25) is 0 Å². The number of nitrogens with two attached hydrogens (primary N) is 1. The van der Waals surface area contributed by atoms with Crippen LogP contribution in [-0.4, -0.2) is 31.1 Å². The molecule has 7 heteroatoms. The van der Waals surface area contributed by atoms with Crippen molar-refractivity contribution in [3.05, 3.63) is 0 Å². The lowest BCUT2D eigenvalue weighted by Gasteiger charge is -2.22. The Morgan fingerprint density at radius 3 is 2.67 bits per heavy atom. The molecular formula is C11H19N3O2S2. The third-order valence-corrected chi connectivity index (χ3v) is 6.21. The minimum absolute atomic E-state index is 0.0559. The van der Waals surface area contributed by atoms with Gasteiger partial charge in [0.15, 0.2) is 15.7 Å². The Morgan fingerprint density at radius 1 is 1.50 bits per heavy atom. The quantitative estimate of drug-likeness (QED) is 0.917. The van der Waals surface area contributed by atoms with Crippen LogP contribution >= 0.6 is 11.5 Å². The zero-order chi connectivity index (χ0) is 13.5. The van der Waals surface area contributed by atoms with E-state index >= 15 is 0 Å². The summed E-state index contributed by atoms with van der Waals surface area (Å²) in [6, 6.07) is 0.339. The molecule has 0 aliphatic carbocycles. The van der Waals surface area contributed by atoms with E-state index in [1.807, 2.05) is 0 Å². The standard InChI is InChI=1S/C11H19N3O2S2/c1-4-18(15,16)9-10(12)13-17-11(9)14-6-7(2)5-8(14)3/h7-8H,4-6H2,1-3H3,(H2,12,13). The van der Waals surface area contributed by atoms with Crippen molar-refractivity contribution >= 4 is 32.2 Å². The largest absolute Gasteiger partial charge is 0.382 e. The molecule has 2 heterocycles. The Bertz CT molecular complexity index is 538. The lowest BCUT2D eigenvalue weighted by atomic mass is 10.1.